The highest BCUT2D eigenvalue weighted by atomic mass is 79.9. The number of rotatable bonds is 5. The van der Waals surface area contributed by atoms with E-state index in [1.54, 1.807) is 30.3 Å². The van der Waals surface area contributed by atoms with Gasteiger partial charge in [-0.15, -0.1) is 0 Å². The molecule has 0 aliphatic carbocycles. The summed E-state index contributed by atoms with van der Waals surface area (Å²) in [6.45, 7) is 3.66. The number of hydrogen-bond acceptors (Lipinski definition) is 4. The van der Waals surface area contributed by atoms with E-state index in [1.165, 1.54) is 7.11 Å². The van der Waals surface area contributed by atoms with E-state index < -0.39 is 0 Å². The van der Waals surface area contributed by atoms with Gasteiger partial charge in [0.05, 0.1) is 17.1 Å². The second-order valence-electron chi connectivity index (χ2n) is 7.12. The van der Waals surface area contributed by atoms with Crippen molar-refractivity contribution in [1.82, 2.24) is 5.32 Å². The minimum Gasteiger partial charge on any atom is -0.495 e. The number of carbonyl (C=O) groups excluding carboxylic acids is 2. The van der Waals surface area contributed by atoms with Crippen molar-refractivity contribution in [3.05, 3.63) is 64.6 Å². The lowest BCUT2D eigenvalue weighted by molar-refractivity contribution is -0.118. The van der Waals surface area contributed by atoms with E-state index in [2.05, 4.69) is 31.9 Å². The van der Waals surface area contributed by atoms with Crippen molar-refractivity contribution in [3.8, 4) is 5.75 Å². The van der Waals surface area contributed by atoms with Crippen molar-refractivity contribution in [2.24, 2.45) is 5.92 Å². The highest BCUT2D eigenvalue weighted by Gasteiger charge is 2.19. The summed E-state index contributed by atoms with van der Waals surface area (Å²) in [6.07, 6.45) is 0. The Labute approximate surface area is 194 Å². The first-order valence-electron chi connectivity index (χ1n) is 9.58. The molecule has 160 valence electrons. The molecule has 6 nitrogen and oxygen atoms in total. The first kappa shape index (κ1) is 22.7. The lowest BCUT2D eigenvalue weighted by Crippen LogP contribution is -2.34. The zero-order chi connectivity index (χ0) is 22.5. The fourth-order valence-corrected chi connectivity index (χ4v) is 3.86. The van der Waals surface area contributed by atoms with Gasteiger partial charge < -0.3 is 15.4 Å². The minimum atomic E-state index is -0.387. The molecule has 0 atom stereocenters. The normalized spacial score (nSPS) is 10.6. The molecule has 8 heteroatoms. The molecule has 31 heavy (non-hydrogen) atoms. The Morgan fingerprint density at radius 1 is 1.00 bits per heavy atom. The van der Waals surface area contributed by atoms with Crippen LogP contribution in [-0.2, 0) is 4.79 Å². The Bertz CT molecular complexity index is 1150. The molecule has 0 radical (unpaired) electrons. The SMILES string of the molecule is COc1c(C(=O)NC(=S)Nc2ccc(NC(=O)C(C)C)cc2)cc2ccccc2c1Br. The largest absolute Gasteiger partial charge is 0.495 e. The number of ether oxygens (including phenoxy) is 1. The van der Waals surface area contributed by atoms with Gasteiger partial charge in [-0.05, 0) is 69.3 Å². The fourth-order valence-electron chi connectivity index (χ4n) is 2.91. The van der Waals surface area contributed by atoms with Gasteiger partial charge >= 0.3 is 0 Å². The molecule has 3 rings (SSSR count). The zero-order valence-electron chi connectivity index (χ0n) is 17.3. The second-order valence-corrected chi connectivity index (χ2v) is 8.32. The Morgan fingerprint density at radius 3 is 2.23 bits per heavy atom. The summed E-state index contributed by atoms with van der Waals surface area (Å²) >= 11 is 8.82. The smallest absolute Gasteiger partial charge is 0.261 e. The molecule has 2 amide bonds. The van der Waals surface area contributed by atoms with Gasteiger partial charge in [-0.2, -0.15) is 0 Å². The summed E-state index contributed by atoms with van der Waals surface area (Å²) in [5.74, 6) is -0.113. The number of nitrogens with one attached hydrogen (secondary N) is 3. The first-order chi connectivity index (χ1) is 14.8. The molecule has 0 saturated heterocycles. The van der Waals surface area contributed by atoms with Crippen molar-refractivity contribution >= 4 is 67.2 Å². The molecule has 0 spiro atoms. The highest BCUT2D eigenvalue weighted by molar-refractivity contribution is 9.10. The number of anilines is 2. The van der Waals surface area contributed by atoms with Gasteiger partial charge in [0, 0.05) is 17.3 Å². The standard InChI is InChI=1S/C23H22BrN3O3S/c1-13(2)21(28)25-15-8-10-16(11-9-15)26-23(31)27-22(29)18-12-14-6-4-5-7-17(14)19(24)20(18)30-3/h4-13H,1-3H3,(H,25,28)(H2,26,27,29,31). The molecule has 0 unspecified atom stereocenters. The predicted molar refractivity (Wildman–Crippen MR) is 132 cm³/mol. The van der Waals surface area contributed by atoms with E-state index in [0.717, 1.165) is 10.8 Å². The van der Waals surface area contributed by atoms with Crippen molar-refractivity contribution < 1.29 is 14.3 Å². The van der Waals surface area contributed by atoms with Gasteiger partial charge in [0.25, 0.3) is 5.91 Å². The number of amides is 2. The van der Waals surface area contributed by atoms with E-state index >= 15 is 0 Å². The van der Waals surface area contributed by atoms with Crippen LogP contribution in [0.15, 0.2) is 59.1 Å². The van der Waals surface area contributed by atoms with Crippen LogP contribution in [0.1, 0.15) is 24.2 Å². The second kappa shape index (κ2) is 9.89. The Morgan fingerprint density at radius 2 is 1.61 bits per heavy atom. The molecule has 0 bridgehead atoms. The number of methoxy groups -OCH3 is 1. The summed E-state index contributed by atoms with van der Waals surface area (Å²) < 4.78 is 6.17. The minimum absolute atomic E-state index is 0.0565. The van der Waals surface area contributed by atoms with Crippen LogP contribution in [0, 0.1) is 5.92 Å². The number of hydrogen-bond donors (Lipinski definition) is 3. The summed E-state index contributed by atoms with van der Waals surface area (Å²) in [7, 11) is 1.52. The van der Waals surface area contributed by atoms with Gasteiger partial charge in [-0.25, -0.2) is 0 Å². The number of benzene rings is 3. The van der Waals surface area contributed by atoms with Crippen LogP contribution >= 0.6 is 28.1 Å². The molecule has 3 N–H and O–H groups in total. The van der Waals surface area contributed by atoms with Crippen molar-refractivity contribution in [2.75, 3.05) is 17.7 Å². The first-order valence-corrected chi connectivity index (χ1v) is 10.8. The van der Waals surface area contributed by atoms with Crippen LogP contribution in [0.25, 0.3) is 10.8 Å². The van der Waals surface area contributed by atoms with E-state index in [-0.39, 0.29) is 22.8 Å². The molecule has 0 aliphatic heterocycles. The highest BCUT2D eigenvalue weighted by Crippen LogP contribution is 2.36. The van der Waals surface area contributed by atoms with Crippen molar-refractivity contribution in [3.63, 3.8) is 0 Å². The maximum Gasteiger partial charge on any atom is 0.261 e. The number of fused-ring (bicyclic) bond motifs is 1. The van der Waals surface area contributed by atoms with Crippen LogP contribution in [0.4, 0.5) is 11.4 Å². The maximum atomic E-state index is 12.9. The lowest BCUT2D eigenvalue weighted by Gasteiger charge is -2.15. The molecule has 3 aromatic carbocycles. The number of carbonyl (C=O) groups is 2. The average molecular weight is 500 g/mol. The predicted octanol–water partition coefficient (Wildman–Crippen LogP) is 5.33. The van der Waals surface area contributed by atoms with E-state index in [1.807, 2.05) is 38.1 Å². The molecule has 0 heterocycles. The van der Waals surface area contributed by atoms with E-state index in [4.69, 9.17) is 17.0 Å². The van der Waals surface area contributed by atoms with Gasteiger partial charge in [0.2, 0.25) is 5.91 Å². The van der Waals surface area contributed by atoms with Gasteiger partial charge in [-0.1, -0.05) is 38.1 Å². The average Bonchev–Trinajstić information content (AvgIpc) is 2.74. The van der Waals surface area contributed by atoms with E-state index in [0.29, 0.717) is 27.2 Å². The maximum absolute atomic E-state index is 12.9. The van der Waals surface area contributed by atoms with Gasteiger partial charge in [0.1, 0.15) is 5.75 Å². The van der Waals surface area contributed by atoms with Crippen LogP contribution in [-0.4, -0.2) is 24.0 Å². The van der Waals surface area contributed by atoms with Crippen LogP contribution in [0.3, 0.4) is 0 Å². The number of halogens is 1. The molecule has 0 fully saturated rings. The number of thiocarbonyl (C=S) groups is 1. The van der Waals surface area contributed by atoms with E-state index in [9.17, 15) is 9.59 Å². The van der Waals surface area contributed by atoms with Crippen LogP contribution in [0.2, 0.25) is 0 Å². The van der Waals surface area contributed by atoms with Crippen molar-refractivity contribution in [2.45, 2.75) is 13.8 Å². The quantitative estimate of drug-likeness (QED) is 0.413. The molecule has 0 aliphatic rings. The topological polar surface area (TPSA) is 79.5 Å². The van der Waals surface area contributed by atoms with Gasteiger partial charge in [-0.3, -0.25) is 14.9 Å². The van der Waals surface area contributed by atoms with Crippen LogP contribution < -0.4 is 20.7 Å². The molecule has 3 aromatic rings. The van der Waals surface area contributed by atoms with Crippen LogP contribution in [0.5, 0.6) is 5.75 Å². The summed E-state index contributed by atoms with van der Waals surface area (Å²) in [4.78, 5) is 24.7. The summed E-state index contributed by atoms with van der Waals surface area (Å²) in [6, 6.07) is 16.5. The molecular weight excluding hydrogens is 478 g/mol. The monoisotopic (exact) mass is 499 g/mol. The summed E-state index contributed by atoms with van der Waals surface area (Å²) in [5, 5.41) is 10.5. The fraction of sp³-hybridized carbons (Fsp3) is 0.174. The Balaban J connectivity index is 1.71. The third kappa shape index (κ3) is 5.39. The third-order valence-corrected chi connectivity index (χ3v) is 5.54. The van der Waals surface area contributed by atoms with Crippen molar-refractivity contribution in [1.29, 1.82) is 0 Å². The lowest BCUT2D eigenvalue weighted by atomic mass is 10.1. The molecule has 0 aromatic heterocycles. The molecule has 0 saturated carbocycles. The molecular formula is C23H22BrN3O3S. The van der Waals surface area contributed by atoms with Gasteiger partial charge in [0.15, 0.2) is 5.11 Å². The Hall–Kier alpha value is -2.97. The zero-order valence-corrected chi connectivity index (χ0v) is 19.7. The third-order valence-electron chi connectivity index (χ3n) is 4.55. The summed E-state index contributed by atoms with van der Waals surface area (Å²) in [5.41, 5.74) is 1.73. The Kier molecular flexibility index (Phi) is 7.25.